The summed E-state index contributed by atoms with van der Waals surface area (Å²) in [6.45, 7) is 4.52. The molecule has 1 aliphatic carbocycles. The molecule has 0 aromatic carbocycles. The molecule has 0 saturated heterocycles. The van der Waals surface area contributed by atoms with Crippen molar-refractivity contribution in [2.24, 2.45) is 11.7 Å². The molecule has 2 heteroatoms. The van der Waals surface area contributed by atoms with E-state index < -0.39 is 0 Å². The molecule has 2 rings (SSSR count). The molecule has 16 heavy (non-hydrogen) atoms. The van der Waals surface area contributed by atoms with Crippen LogP contribution in [0.15, 0.2) is 11.4 Å². The molecular formula is C14H23NS. The standard InChI is InChI=1S/C14H23NS/c1-3-4-11-5-6-13(15)12(9-11)14-10(2)7-8-16-14/h7-8,11-13H,3-6,9,15H2,1-2H3. The van der Waals surface area contributed by atoms with E-state index in [2.05, 4.69) is 25.3 Å². The molecular weight excluding hydrogens is 214 g/mol. The summed E-state index contributed by atoms with van der Waals surface area (Å²) in [4.78, 5) is 1.55. The van der Waals surface area contributed by atoms with Gasteiger partial charge in [0.1, 0.15) is 0 Å². The van der Waals surface area contributed by atoms with Gasteiger partial charge >= 0.3 is 0 Å². The summed E-state index contributed by atoms with van der Waals surface area (Å²) < 4.78 is 0. The lowest BCUT2D eigenvalue weighted by molar-refractivity contribution is 0.276. The van der Waals surface area contributed by atoms with Crippen molar-refractivity contribution in [1.29, 1.82) is 0 Å². The topological polar surface area (TPSA) is 26.0 Å². The Kier molecular flexibility index (Phi) is 4.04. The number of hydrogen-bond donors (Lipinski definition) is 1. The first kappa shape index (κ1) is 12.1. The summed E-state index contributed by atoms with van der Waals surface area (Å²) in [7, 11) is 0. The maximum Gasteiger partial charge on any atom is 0.0121 e. The van der Waals surface area contributed by atoms with Crippen molar-refractivity contribution in [2.75, 3.05) is 0 Å². The van der Waals surface area contributed by atoms with Crippen molar-refractivity contribution < 1.29 is 0 Å². The van der Waals surface area contributed by atoms with Crippen molar-refractivity contribution in [3.05, 3.63) is 21.9 Å². The van der Waals surface area contributed by atoms with Gasteiger partial charge in [-0.3, -0.25) is 0 Å². The smallest absolute Gasteiger partial charge is 0.0121 e. The largest absolute Gasteiger partial charge is 0.327 e. The van der Waals surface area contributed by atoms with E-state index in [1.54, 1.807) is 4.88 Å². The van der Waals surface area contributed by atoms with Gasteiger partial charge in [-0.2, -0.15) is 0 Å². The van der Waals surface area contributed by atoms with Gasteiger partial charge in [0.15, 0.2) is 0 Å². The first-order chi connectivity index (χ1) is 7.72. The van der Waals surface area contributed by atoms with Gasteiger partial charge in [-0.15, -0.1) is 11.3 Å². The molecule has 0 aliphatic heterocycles. The van der Waals surface area contributed by atoms with E-state index >= 15 is 0 Å². The fraction of sp³-hybridized carbons (Fsp3) is 0.714. The third-order valence-electron chi connectivity index (χ3n) is 3.95. The lowest BCUT2D eigenvalue weighted by atomic mass is 9.75. The highest BCUT2D eigenvalue weighted by Crippen LogP contribution is 2.40. The fourth-order valence-corrected chi connectivity index (χ4v) is 4.14. The summed E-state index contributed by atoms with van der Waals surface area (Å²) >= 11 is 1.90. The molecule has 1 aromatic rings. The van der Waals surface area contributed by atoms with Gasteiger partial charge < -0.3 is 5.73 Å². The Bertz CT molecular complexity index is 331. The summed E-state index contributed by atoms with van der Waals surface area (Å²) in [6, 6.07) is 2.63. The highest BCUT2D eigenvalue weighted by Gasteiger charge is 2.30. The zero-order valence-electron chi connectivity index (χ0n) is 10.4. The van der Waals surface area contributed by atoms with Crippen LogP contribution >= 0.6 is 11.3 Å². The number of nitrogens with two attached hydrogens (primary N) is 1. The van der Waals surface area contributed by atoms with Crippen LogP contribution < -0.4 is 5.73 Å². The molecule has 0 spiro atoms. The molecule has 1 aliphatic rings. The first-order valence-corrected chi connectivity index (χ1v) is 7.40. The van der Waals surface area contributed by atoms with E-state index in [1.807, 2.05) is 11.3 Å². The summed E-state index contributed by atoms with van der Waals surface area (Å²) in [6.07, 6.45) is 6.57. The molecule has 1 aromatic heterocycles. The Morgan fingerprint density at radius 2 is 2.25 bits per heavy atom. The highest BCUT2D eigenvalue weighted by atomic mass is 32.1. The number of rotatable bonds is 3. The van der Waals surface area contributed by atoms with Crippen molar-refractivity contribution in [3.63, 3.8) is 0 Å². The Morgan fingerprint density at radius 3 is 2.88 bits per heavy atom. The second-order valence-electron chi connectivity index (χ2n) is 5.21. The Balaban J connectivity index is 2.10. The molecule has 3 unspecified atom stereocenters. The van der Waals surface area contributed by atoms with Crippen molar-refractivity contribution in [3.8, 4) is 0 Å². The Labute approximate surface area is 103 Å². The van der Waals surface area contributed by atoms with Crippen LogP contribution in [0, 0.1) is 12.8 Å². The normalized spacial score (nSPS) is 30.6. The van der Waals surface area contributed by atoms with Crippen LogP contribution in [-0.2, 0) is 0 Å². The average molecular weight is 237 g/mol. The van der Waals surface area contributed by atoms with Crippen LogP contribution in [0.5, 0.6) is 0 Å². The fourth-order valence-electron chi connectivity index (χ4n) is 3.02. The number of aryl methyl sites for hydroxylation is 1. The molecule has 90 valence electrons. The second kappa shape index (κ2) is 5.33. The number of hydrogen-bond acceptors (Lipinski definition) is 2. The minimum atomic E-state index is 0.394. The zero-order valence-corrected chi connectivity index (χ0v) is 11.2. The molecule has 0 amide bonds. The second-order valence-corrected chi connectivity index (χ2v) is 6.15. The molecule has 1 nitrogen and oxygen atoms in total. The van der Waals surface area contributed by atoms with Gasteiger partial charge in [0.2, 0.25) is 0 Å². The van der Waals surface area contributed by atoms with Gasteiger partial charge in [0.05, 0.1) is 0 Å². The molecule has 3 atom stereocenters. The molecule has 1 saturated carbocycles. The molecule has 0 radical (unpaired) electrons. The average Bonchev–Trinajstić information content (AvgIpc) is 2.68. The van der Waals surface area contributed by atoms with E-state index in [0.717, 1.165) is 5.92 Å². The molecule has 0 bridgehead atoms. The van der Waals surface area contributed by atoms with Crippen LogP contribution in [0.25, 0.3) is 0 Å². The van der Waals surface area contributed by atoms with Gasteiger partial charge in [-0.1, -0.05) is 19.8 Å². The monoisotopic (exact) mass is 237 g/mol. The molecule has 1 heterocycles. The minimum Gasteiger partial charge on any atom is -0.327 e. The lowest BCUT2D eigenvalue weighted by Crippen LogP contribution is -2.34. The zero-order chi connectivity index (χ0) is 11.5. The van der Waals surface area contributed by atoms with Crippen molar-refractivity contribution in [1.82, 2.24) is 0 Å². The van der Waals surface area contributed by atoms with Crippen LogP contribution in [0.3, 0.4) is 0 Å². The Morgan fingerprint density at radius 1 is 1.44 bits per heavy atom. The van der Waals surface area contributed by atoms with Crippen molar-refractivity contribution in [2.45, 2.75) is 57.9 Å². The van der Waals surface area contributed by atoms with Gasteiger partial charge in [0.25, 0.3) is 0 Å². The molecule has 2 N–H and O–H groups in total. The van der Waals surface area contributed by atoms with Crippen molar-refractivity contribution >= 4 is 11.3 Å². The van der Waals surface area contributed by atoms with E-state index in [0.29, 0.717) is 12.0 Å². The first-order valence-electron chi connectivity index (χ1n) is 6.52. The third kappa shape index (κ3) is 2.49. The van der Waals surface area contributed by atoms with Crippen LogP contribution in [-0.4, -0.2) is 6.04 Å². The van der Waals surface area contributed by atoms with E-state index in [1.165, 1.54) is 37.7 Å². The number of thiophene rings is 1. The summed E-state index contributed by atoms with van der Waals surface area (Å²) in [5.41, 5.74) is 7.75. The quantitative estimate of drug-likeness (QED) is 0.842. The highest BCUT2D eigenvalue weighted by molar-refractivity contribution is 7.10. The third-order valence-corrected chi connectivity index (χ3v) is 5.10. The Hall–Kier alpha value is -0.340. The maximum absolute atomic E-state index is 6.30. The van der Waals surface area contributed by atoms with E-state index in [4.69, 9.17) is 5.73 Å². The summed E-state index contributed by atoms with van der Waals surface area (Å²) in [5.74, 6) is 1.54. The van der Waals surface area contributed by atoms with E-state index in [9.17, 15) is 0 Å². The lowest BCUT2D eigenvalue weighted by Gasteiger charge is -2.34. The van der Waals surface area contributed by atoms with Crippen LogP contribution in [0.2, 0.25) is 0 Å². The maximum atomic E-state index is 6.30. The predicted molar refractivity (Wildman–Crippen MR) is 72.0 cm³/mol. The van der Waals surface area contributed by atoms with Crippen LogP contribution in [0.4, 0.5) is 0 Å². The van der Waals surface area contributed by atoms with E-state index in [-0.39, 0.29) is 0 Å². The molecule has 1 fully saturated rings. The minimum absolute atomic E-state index is 0.394. The predicted octanol–water partition coefficient (Wildman–Crippen LogP) is 4.07. The SMILES string of the molecule is CCCC1CCC(N)C(c2sccc2C)C1. The van der Waals surface area contributed by atoms with Gasteiger partial charge in [-0.25, -0.2) is 0 Å². The summed E-state index contributed by atoms with van der Waals surface area (Å²) in [5, 5.41) is 2.21. The van der Waals surface area contributed by atoms with Crippen LogP contribution in [0.1, 0.15) is 55.4 Å². The van der Waals surface area contributed by atoms with Gasteiger partial charge in [-0.05, 0) is 49.1 Å². The van der Waals surface area contributed by atoms with Gasteiger partial charge in [0, 0.05) is 16.8 Å².